The van der Waals surface area contributed by atoms with Gasteiger partial charge in [0, 0.05) is 16.9 Å². The zero-order chi connectivity index (χ0) is 21.1. The molecule has 1 heterocycles. The summed E-state index contributed by atoms with van der Waals surface area (Å²) >= 11 is 4.44. The van der Waals surface area contributed by atoms with E-state index in [4.69, 9.17) is 0 Å². The molecule has 2 aromatic carbocycles. The van der Waals surface area contributed by atoms with Gasteiger partial charge in [-0.25, -0.2) is 13.1 Å². The number of nitrogens with one attached hydrogen (secondary N) is 2. The monoisotopic (exact) mass is 508 g/mol. The number of anilines is 1. The SMILES string of the molecule is O=C(Nc1ccccc1Br)C1CCC(CNS(=O)(=O)c2cccc3nsnc23)CC1. The Morgan fingerprint density at radius 2 is 1.83 bits per heavy atom. The first-order chi connectivity index (χ1) is 14.4. The summed E-state index contributed by atoms with van der Waals surface area (Å²) in [5, 5.41) is 2.98. The van der Waals surface area contributed by atoms with Crippen molar-refractivity contribution in [3.05, 3.63) is 46.9 Å². The van der Waals surface area contributed by atoms with E-state index in [1.165, 1.54) is 0 Å². The number of fused-ring (bicyclic) bond motifs is 1. The minimum absolute atomic E-state index is 0.0173. The second-order valence-corrected chi connectivity index (χ2v) is 10.5. The predicted octanol–water partition coefficient (Wildman–Crippen LogP) is 4.18. The van der Waals surface area contributed by atoms with E-state index >= 15 is 0 Å². The van der Waals surface area contributed by atoms with Gasteiger partial charge in [-0.3, -0.25) is 4.79 Å². The molecule has 30 heavy (non-hydrogen) atoms. The van der Waals surface area contributed by atoms with Crippen LogP contribution in [0.3, 0.4) is 0 Å². The lowest BCUT2D eigenvalue weighted by Gasteiger charge is -2.28. The normalized spacial score (nSPS) is 19.6. The maximum atomic E-state index is 12.8. The molecule has 158 valence electrons. The average molecular weight is 509 g/mol. The van der Waals surface area contributed by atoms with Gasteiger partial charge >= 0.3 is 0 Å². The van der Waals surface area contributed by atoms with Gasteiger partial charge in [0.1, 0.15) is 15.9 Å². The molecule has 1 saturated carbocycles. The van der Waals surface area contributed by atoms with Crippen LogP contribution in [0, 0.1) is 11.8 Å². The van der Waals surface area contributed by atoms with Crippen LogP contribution in [0.25, 0.3) is 11.0 Å². The van der Waals surface area contributed by atoms with Crippen molar-refractivity contribution in [3.8, 4) is 0 Å². The smallest absolute Gasteiger partial charge is 0.242 e. The van der Waals surface area contributed by atoms with Crippen molar-refractivity contribution < 1.29 is 13.2 Å². The van der Waals surface area contributed by atoms with Crippen LogP contribution in [0.2, 0.25) is 0 Å². The molecule has 1 aromatic heterocycles. The third-order valence-electron chi connectivity index (χ3n) is 5.45. The molecule has 7 nitrogen and oxygen atoms in total. The standard InChI is InChI=1S/C20H21BrN4O3S2/c21-15-4-1-2-5-16(15)23-20(26)14-10-8-13(9-11-14)12-22-30(27,28)18-7-3-6-17-19(18)25-29-24-17/h1-7,13-14,22H,8-12H2,(H,23,26). The van der Waals surface area contributed by atoms with E-state index in [0.29, 0.717) is 17.6 Å². The van der Waals surface area contributed by atoms with Crippen molar-refractivity contribution in [1.82, 2.24) is 13.5 Å². The van der Waals surface area contributed by atoms with Crippen molar-refractivity contribution in [2.75, 3.05) is 11.9 Å². The van der Waals surface area contributed by atoms with Crippen LogP contribution >= 0.6 is 27.7 Å². The van der Waals surface area contributed by atoms with Gasteiger partial charge < -0.3 is 5.32 Å². The lowest BCUT2D eigenvalue weighted by atomic mass is 9.81. The maximum absolute atomic E-state index is 12.8. The van der Waals surface area contributed by atoms with Gasteiger partial charge in [-0.2, -0.15) is 8.75 Å². The Balaban J connectivity index is 1.31. The number of amides is 1. The highest BCUT2D eigenvalue weighted by molar-refractivity contribution is 9.10. The first kappa shape index (κ1) is 21.4. The second kappa shape index (κ2) is 9.09. The Morgan fingerprint density at radius 1 is 1.07 bits per heavy atom. The first-order valence-corrected chi connectivity index (χ1v) is 12.7. The summed E-state index contributed by atoms with van der Waals surface area (Å²) in [4.78, 5) is 12.7. The molecule has 1 aliphatic carbocycles. The summed E-state index contributed by atoms with van der Waals surface area (Å²) in [7, 11) is -3.66. The van der Waals surface area contributed by atoms with E-state index in [1.54, 1.807) is 18.2 Å². The molecule has 1 aliphatic rings. The fourth-order valence-electron chi connectivity index (χ4n) is 3.73. The highest BCUT2D eigenvalue weighted by Gasteiger charge is 2.28. The third-order valence-corrected chi connectivity index (χ3v) is 8.14. The predicted molar refractivity (Wildman–Crippen MR) is 121 cm³/mol. The molecular weight excluding hydrogens is 488 g/mol. The van der Waals surface area contributed by atoms with Gasteiger partial charge in [0.2, 0.25) is 15.9 Å². The third kappa shape index (κ3) is 4.72. The van der Waals surface area contributed by atoms with Gasteiger partial charge in [0.25, 0.3) is 0 Å². The van der Waals surface area contributed by atoms with Crippen LogP contribution in [-0.4, -0.2) is 29.6 Å². The highest BCUT2D eigenvalue weighted by atomic mass is 79.9. The molecule has 2 N–H and O–H groups in total. The lowest BCUT2D eigenvalue weighted by Crippen LogP contribution is -2.33. The quantitative estimate of drug-likeness (QED) is 0.519. The highest BCUT2D eigenvalue weighted by Crippen LogP contribution is 2.31. The molecule has 3 aromatic rings. The van der Waals surface area contributed by atoms with Crippen molar-refractivity contribution >= 4 is 60.3 Å². The average Bonchev–Trinajstić information content (AvgIpc) is 3.23. The number of benzene rings is 2. The Labute approximate surface area is 187 Å². The fraction of sp³-hybridized carbons (Fsp3) is 0.350. The molecule has 0 radical (unpaired) electrons. The van der Waals surface area contributed by atoms with E-state index in [0.717, 1.165) is 47.6 Å². The molecule has 4 rings (SSSR count). The van der Waals surface area contributed by atoms with Gasteiger partial charge in [-0.15, -0.1) is 0 Å². The van der Waals surface area contributed by atoms with E-state index in [2.05, 4.69) is 34.7 Å². The number of aromatic nitrogens is 2. The van der Waals surface area contributed by atoms with Crippen LogP contribution < -0.4 is 10.0 Å². The Kier molecular flexibility index (Phi) is 6.47. The van der Waals surface area contributed by atoms with E-state index in [9.17, 15) is 13.2 Å². The minimum Gasteiger partial charge on any atom is -0.325 e. The summed E-state index contributed by atoms with van der Waals surface area (Å²) in [5.41, 5.74) is 1.75. The molecule has 0 saturated heterocycles. The van der Waals surface area contributed by atoms with Crippen LogP contribution in [0.15, 0.2) is 51.8 Å². The number of para-hydroxylation sites is 1. The number of carbonyl (C=O) groups is 1. The summed E-state index contributed by atoms with van der Waals surface area (Å²) in [6.07, 6.45) is 3.10. The van der Waals surface area contributed by atoms with E-state index in [-0.39, 0.29) is 22.6 Å². The van der Waals surface area contributed by atoms with Crippen LogP contribution in [0.5, 0.6) is 0 Å². The van der Waals surface area contributed by atoms with Gasteiger partial charge in [0.05, 0.1) is 17.4 Å². The summed E-state index contributed by atoms with van der Waals surface area (Å²) in [6.45, 7) is 0.356. The zero-order valence-corrected chi connectivity index (χ0v) is 19.3. The molecule has 0 unspecified atom stereocenters. The molecule has 10 heteroatoms. The van der Waals surface area contributed by atoms with Crippen LogP contribution in [0.4, 0.5) is 5.69 Å². The van der Waals surface area contributed by atoms with Crippen molar-refractivity contribution in [1.29, 1.82) is 0 Å². The molecule has 0 atom stereocenters. The fourth-order valence-corrected chi connectivity index (χ4v) is 5.99. The van der Waals surface area contributed by atoms with Crippen molar-refractivity contribution in [2.24, 2.45) is 11.8 Å². The summed E-state index contributed by atoms with van der Waals surface area (Å²) in [5.74, 6) is 0.170. The lowest BCUT2D eigenvalue weighted by molar-refractivity contribution is -0.121. The van der Waals surface area contributed by atoms with Crippen LogP contribution in [-0.2, 0) is 14.8 Å². The number of nitrogens with zero attached hydrogens (tertiary/aromatic N) is 2. The Morgan fingerprint density at radius 3 is 2.60 bits per heavy atom. The number of halogens is 1. The number of carbonyl (C=O) groups excluding carboxylic acids is 1. The van der Waals surface area contributed by atoms with E-state index < -0.39 is 10.0 Å². The van der Waals surface area contributed by atoms with E-state index in [1.807, 2.05) is 24.3 Å². The van der Waals surface area contributed by atoms with Gasteiger partial charge in [0.15, 0.2) is 0 Å². The van der Waals surface area contributed by atoms with Gasteiger partial charge in [-0.05, 0) is 71.8 Å². The summed E-state index contributed by atoms with van der Waals surface area (Å²) < 4.78 is 37.3. The topological polar surface area (TPSA) is 101 Å². The number of sulfonamides is 1. The first-order valence-electron chi connectivity index (χ1n) is 9.70. The maximum Gasteiger partial charge on any atom is 0.242 e. The summed E-state index contributed by atoms with van der Waals surface area (Å²) in [6, 6.07) is 12.5. The number of hydrogen-bond donors (Lipinski definition) is 2. The second-order valence-electron chi connectivity index (χ2n) is 7.43. The van der Waals surface area contributed by atoms with Gasteiger partial charge in [-0.1, -0.05) is 18.2 Å². The molecule has 0 spiro atoms. The Hall–Kier alpha value is -1.88. The molecule has 1 fully saturated rings. The Bertz CT molecular complexity index is 1160. The van der Waals surface area contributed by atoms with Crippen molar-refractivity contribution in [2.45, 2.75) is 30.6 Å². The van der Waals surface area contributed by atoms with Crippen LogP contribution in [0.1, 0.15) is 25.7 Å². The van der Waals surface area contributed by atoms with Crippen molar-refractivity contribution in [3.63, 3.8) is 0 Å². The number of rotatable bonds is 6. The zero-order valence-electron chi connectivity index (χ0n) is 16.0. The largest absolute Gasteiger partial charge is 0.325 e. The molecule has 1 amide bonds. The minimum atomic E-state index is -3.66. The molecule has 0 bridgehead atoms. The molecule has 0 aliphatic heterocycles. The number of hydrogen-bond acceptors (Lipinski definition) is 6. The molecular formula is C20H21BrN4O3S2.